The van der Waals surface area contributed by atoms with Crippen molar-refractivity contribution in [2.75, 3.05) is 5.32 Å². The van der Waals surface area contributed by atoms with E-state index in [1.165, 1.54) is 6.42 Å². The average molecular weight is 162 g/mol. The van der Waals surface area contributed by atoms with E-state index >= 15 is 0 Å². The van der Waals surface area contributed by atoms with Gasteiger partial charge in [-0.3, -0.25) is 4.79 Å². The van der Waals surface area contributed by atoms with Crippen molar-refractivity contribution < 1.29 is 9.90 Å². The van der Waals surface area contributed by atoms with Crippen LogP contribution < -0.4 is 5.32 Å². The van der Waals surface area contributed by atoms with Gasteiger partial charge in [-0.1, -0.05) is 18.2 Å². The number of aliphatic hydroxyl groups excluding tert-OH is 1. The molecule has 0 saturated carbocycles. The molecule has 1 unspecified atom stereocenters. The van der Waals surface area contributed by atoms with E-state index in [0.717, 1.165) is 5.56 Å². The second-order valence-corrected chi connectivity index (χ2v) is 2.69. The van der Waals surface area contributed by atoms with Crippen LogP contribution in [0.2, 0.25) is 0 Å². The summed E-state index contributed by atoms with van der Waals surface area (Å²) in [6, 6.07) is 7.20. The number of hydrogen-bond donors (Lipinski definition) is 2. The van der Waals surface area contributed by atoms with Gasteiger partial charge in [0.2, 0.25) is 5.91 Å². The Morgan fingerprint density at radius 2 is 2.08 bits per heavy atom. The van der Waals surface area contributed by atoms with Gasteiger partial charge in [0.15, 0.2) is 0 Å². The van der Waals surface area contributed by atoms with Crippen molar-refractivity contribution in [2.45, 2.75) is 6.10 Å². The van der Waals surface area contributed by atoms with Gasteiger partial charge < -0.3 is 10.4 Å². The molecular weight excluding hydrogens is 154 g/mol. The molecule has 1 aliphatic heterocycles. The summed E-state index contributed by atoms with van der Waals surface area (Å²) < 4.78 is 0. The SMILES string of the molecule is O=C1[CH]C(O)c2ccccc2N1. The first-order valence-corrected chi connectivity index (χ1v) is 3.70. The normalized spacial score (nSPS) is 21.4. The number of amides is 1. The second-order valence-electron chi connectivity index (χ2n) is 2.69. The minimum Gasteiger partial charge on any atom is -0.387 e. The van der Waals surface area contributed by atoms with E-state index in [9.17, 15) is 9.90 Å². The summed E-state index contributed by atoms with van der Waals surface area (Å²) >= 11 is 0. The number of anilines is 1. The Morgan fingerprint density at radius 3 is 2.92 bits per heavy atom. The molecule has 0 bridgehead atoms. The van der Waals surface area contributed by atoms with Crippen LogP contribution in [0.4, 0.5) is 5.69 Å². The molecule has 2 rings (SSSR count). The van der Waals surface area contributed by atoms with Gasteiger partial charge >= 0.3 is 0 Å². The number of para-hydroxylation sites is 1. The zero-order valence-electron chi connectivity index (χ0n) is 6.32. The van der Waals surface area contributed by atoms with Crippen molar-refractivity contribution in [3.8, 4) is 0 Å². The highest BCUT2D eigenvalue weighted by molar-refractivity contribution is 6.00. The molecule has 1 aliphatic rings. The predicted molar refractivity (Wildman–Crippen MR) is 44.3 cm³/mol. The van der Waals surface area contributed by atoms with E-state index in [2.05, 4.69) is 5.32 Å². The summed E-state index contributed by atoms with van der Waals surface area (Å²) in [4.78, 5) is 10.9. The molecule has 0 spiro atoms. The molecule has 2 N–H and O–H groups in total. The number of nitrogens with one attached hydrogen (secondary N) is 1. The minimum atomic E-state index is -0.769. The van der Waals surface area contributed by atoms with Crippen molar-refractivity contribution in [1.82, 2.24) is 0 Å². The lowest BCUT2D eigenvalue weighted by atomic mass is 10.0. The maximum atomic E-state index is 10.9. The highest BCUT2D eigenvalue weighted by atomic mass is 16.3. The Kier molecular flexibility index (Phi) is 1.59. The van der Waals surface area contributed by atoms with Crippen LogP contribution in [-0.4, -0.2) is 11.0 Å². The summed E-state index contributed by atoms with van der Waals surface area (Å²) in [5.74, 6) is -0.249. The fourth-order valence-corrected chi connectivity index (χ4v) is 1.28. The van der Waals surface area contributed by atoms with Gasteiger partial charge in [-0.15, -0.1) is 0 Å². The monoisotopic (exact) mass is 162 g/mol. The predicted octanol–water partition coefficient (Wildman–Crippen LogP) is 0.876. The number of aliphatic hydroxyl groups is 1. The van der Waals surface area contributed by atoms with Gasteiger partial charge in [0, 0.05) is 11.3 Å². The number of rotatable bonds is 0. The topological polar surface area (TPSA) is 49.3 Å². The van der Waals surface area contributed by atoms with Crippen LogP contribution in [0.5, 0.6) is 0 Å². The maximum absolute atomic E-state index is 10.9. The van der Waals surface area contributed by atoms with Crippen molar-refractivity contribution in [2.24, 2.45) is 0 Å². The Labute approximate surface area is 70.0 Å². The molecule has 1 amide bonds. The summed E-state index contributed by atoms with van der Waals surface area (Å²) in [6.45, 7) is 0. The molecule has 1 radical (unpaired) electrons. The van der Waals surface area contributed by atoms with Gasteiger partial charge in [-0.05, 0) is 6.07 Å². The van der Waals surface area contributed by atoms with Crippen LogP contribution in [0.15, 0.2) is 24.3 Å². The molecule has 0 fully saturated rings. The second kappa shape index (κ2) is 2.60. The maximum Gasteiger partial charge on any atom is 0.231 e. The molecule has 3 nitrogen and oxygen atoms in total. The molecule has 0 saturated heterocycles. The van der Waals surface area contributed by atoms with Crippen LogP contribution in [0.25, 0.3) is 0 Å². The van der Waals surface area contributed by atoms with Gasteiger partial charge in [-0.2, -0.15) is 0 Å². The number of benzene rings is 1. The molecule has 1 atom stereocenters. The van der Waals surface area contributed by atoms with E-state index in [0.29, 0.717) is 5.69 Å². The zero-order chi connectivity index (χ0) is 8.55. The van der Waals surface area contributed by atoms with Gasteiger partial charge in [0.1, 0.15) is 0 Å². The van der Waals surface area contributed by atoms with E-state index in [1.54, 1.807) is 12.1 Å². The Balaban J connectivity index is 2.47. The summed E-state index contributed by atoms with van der Waals surface area (Å²) in [6.07, 6.45) is 0.484. The first-order valence-electron chi connectivity index (χ1n) is 3.70. The Bertz CT molecular complexity index is 322. The lowest BCUT2D eigenvalue weighted by Crippen LogP contribution is -2.23. The molecule has 61 valence electrons. The molecule has 1 heterocycles. The van der Waals surface area contributed by atoms with Crippen molar-refractivity contribution in [1.29, 1.82) is 0 Å². The van der Waals surface area contributed by atoms with Crippen molar-refractivity contribution in [3.63, 3.8) is 0 Å². The lowest BCUT2D eigenvalue weighted by molar-refractivity contribution is -0.114. The highest BCUT2D eigenvalue weighted by Gasteiger charge is 2.22. The average Bonchev–Trinajstić information content (AvgIpc) is 2.04. The van der Waals surface area contributed by atoms with Crippen LogP contribution in [-0.2, 0) is 4.79 Å². The van der Waals surface area contributed by atoms with Crippen LogP contribution in [0.1, 0.15) is 11.7 Å². The van der Waals surface area contributed by atoms with Crippen molar-refractivity contribution >= 4 is 11.6 Å². The quantitative estimate of drug-likeness (QED) is 0.594. The molecular formula is C9H8NO2. The van der Waals surface area contributed by atoms with Gasteiger partial charge in [0.25, 0.3) is 0 Å². The summed E-state index contributed by atoms with van der Waals surface area (Å²) in [5.41, 5.74) is 1.44. The third-order valence-electron chi connectivity index (χ3n) is 1.85. The van der Waals surface area contributed by atoms with Gasteiger partial charge in [0.05, 0.1) is 12.5 Å². The fourth-order valence-electron chi connectivity index (χ4n) is 1.28. The first kappa shape index (κ1) is 7.31. The Morgan fingerprint density at radius 1 is 1.33 bits per heavy atom. The number of carbonyl (C=O) groups excluding carboxylic acids is 1. The number of carbonyl (C=O) groups is 1. The van der Waals surface area contributed by atoms with E-state index in [1.807, 2.05) is 12.1 Å². The zero-order valence-corrected chi connectivity index (χ0v) is 6.32. The van der Waals surface area contributed by atoms with Crippen LogP contribution >= 0.6 is 0 Å². The summed E-state index contributed by atoms with van der Waals surface area (Å²) in [7, 11) is 0. The van der Waals surface area contributed by atoms with E-state index in [-0.39, 0.29) is 5.91 Å². The molecule has 0 aromatic heterocycles. The smallest absolute Gasteiger partial charge is 0.231 e. The third-order valence-corrected chi connectivity index (χ3v) is 1.85. The van der Waals surface area contributed by atoms with E-state index in [4.69, 9.17) is 0 Å². The molecule has 1 aromatic rings. The molecule has 12 heavy (non-hydrogen) atoms. The highest BCUT2D eigenvalue weighted by Crippen LogP contribution is 2.28. The van der Waals surface area contributed by atoms with Crippen LogP contribution in [0.3, 0.4) is 0 Å². The van der Waals surface area contributed by atoms with Gasteiger partial charge in [-0.25, -0.2) is 0 Å². The minimum absolute atomic E-state index is 0.249. The van der Waals surface area contributed by atoms with E-state index < -0.39 is 6.10 Å². The molecule has 1 aromatic carbocycles. The molecule has 0 aliphatic carbocycles. The van der Waals surface area contributed by atoms with Crippen LogP contribution in [0, 0.1) is 6.42 Å². The molecule has 3 heteroatoms. The lowest BCUT2D eigenvalue weighted by Gasteiger charge is -2.20. The Hall–Kier alpha value is -1.35. The van der Waals surface area contributed by atoms with Crippen molar-refractivity contribution in [3.05, 3.63) is 36.2 Å². The first-order chi connectivity index (χ1) is 5.77. The number of hydrogen-bond acceptors (Lipinski definition) is 2. The third kappa shape index (κ3) is 1.08. The summed E-state index contributed by atoms with van der Waals surface area (Å²) in [5, 5.41) is 12.1. The fraction of sp³-hybridized carbons (Fsp3) is 0.111. The standard InChI is InChI=1S/C9H8NO2/c11-8-5-9(12)10-7-4-2-1-3-6(7)8/h1-5,8,11H,(H,10,12). The largest absolute Gasteiger partial charge is 0.387 e. The number of fused-ring (bicyclic) bond motifs is 1.